The van der Waals surface area contributed by atoms with Gasteiger partial charge < -0.3 is 20.1 Å². The van der Waals surface area contributed by atoms with E-state index in [4.69, 9.17) is 4.98 Å². The highest BCUT2D eigenvalue weighted by Gasteiger charge is 2.38. The van der Waals surface area contributed by atoms with Crippen LogP contribution in [-0.2, 0) is 5.54 Å². The van der Waals surface area contributed by atoms with E-state index in [1.807, 2.05) is 30.1 Å². The Labute approximate surface area is 192 Å². The number of anilines is 3. The maximum absolute atomic E-state index is 12.6. The van der Waals surface area contributed by atoms with Crippen molar-refractivity contribution in [2.75, 3.05) is 41.4 Å². The zero-order valence-corrected chi connectivity index (χ0v) is 19.4. The number of thioether (sulfide) groups is 1. The summed E-state index contributed by atoms with van der Waals surface area (Å²) < 4.78 is 2.14. The highest BCUT2D eigenvalue weighted by atomic mass is 32.2. The first-order valence-electron chi connectivity index (χ1n) is 11.4. The van der Waals surface area contributed by atoms with Gasteiger partial charge in [0, 0.05) is 42.7 Å². The van der Waals surface area contributed by atoms with Gasteiger partial charge in [0.15, 0.2) is 0 Å². The van der Waals surface area contributed by atoms with Crippen molar-refractivity contribution >= 4 is 46.2 Å². The number of carbonyl (C=O) groups is 1. The molecule has 1 amide bonds. The van der Waals surface area contributed by atoms with Crippen LogP contribution in [-0.4, -0.2) is 56.6 Å². The largest absolute Gasteiger partial charge is 0.369 e. The van der Waals surface area contributed by atoms with E-state index in [1.54, 1.807) is 6.20 Å². The minimum absolute atomic E-state index is 0.0499. The molecule has 3 aromatic heterocycles. The summed E-state index contributed by atoms with van der Waals surface area (Å²) in [5.41, 5.74) is 2.43. The molecule has 5 rings (SSSR count). The Bertz CT molecular complexity index is 1120. The Morgan fingerprint density at radius 3 is 2.75 bits per heavy atom. The van der Waals surface area contributed by atoms with Gasteiger partial charge in [0.05, 0.1) is 17.4 Å². The summed E-state index contributed by atoms with van der Waals surface area (Å²) in [6.07, 6.45) is 6.62. The second-order valence-electron chi connectivity index (χ2n) is 8.47. The van der Waals surface area contributed by atoms with Crippen molar-refractivity contribution in [1.29, 1.82) is 0 Å². The summed E-state index contributed by atoms with van der Waals surface area (Å²) in [5.74, 6) is 3.46. The molecule has 3 aromatic rings. The van der Waals surface area contributed by atoms with Gasteiger partial charge in [-0.15, -0.1) is 0 Å². The van der Waals surface area contributed by atoms with Crippen LogP contribution in [0.15, 0.2) is 30.6 Å². The smallest absolute Gasteiger partial charge is 0.268 e. The molecule has 9 heteroatoms. The molecule has 2 N–H and O–H groups in total. The van der Waals surface area contributed by atoms with Crippen LogP contribution in [0.5, 0.6) is 0 Å². The normalized spacial score (nSPS) is 20.8. The lowest BCUT2D eigenvalue weighted by Gasteiger charge is -2.39. The van der Waals surface area contributed by atoms with E-state index < -0.39 is 0 Å². The fraction of sp³-hybridized carbons (Fsp3) is 0.478. The van der Waals surface area contributed by atoms with Gasteiger partial charge in [-0.25, -0.2) is 9.97 Å². The highest BCUT2D eigenvalue weighted by Crippen LogP contribution is 2.35. The Morgan fingerprint density at radius 1 is 1.19 bits per heavy atom. The standard InChI is InChI=1S/C23H29N7OS/c1-3-7-23(4-2)15-26-21(31)18-12-16-13-25-22(28-20(16)30(18)23)27-19-6-5-17(14-24-19)29-8-10-32-11-9-29/h5-6,12-14H,3-4,7-11,15H2,1-2H3,(H,26,31)(H,24,25,27,28). The molecule has 1 unspecified atom stereocenters. The van der Waals surface area contributed by atoms with Crippen LogP contribution in [0.2, 0.25) is 0 Å². The molecule has 0 saturated carbocycles. The molecule has 0 radical (unpaired) electrons. The molecular formula is C23H29N7OS. The van der Waals surface area contributed by atoms with E-state index in [-0.39, 0.29) is 11.4 Å². The second-order valence-corrected chi connectivity index (χ2v) is 9.70. The summed E-state index contributed by atoms with van der Waals surface area (Å²) >= 11 is 2.00. The zero-order chi connectivity index (χ0) is 22.1. The molecule has 1 atom stereocenters. The van der Waals surface area contributed by atoms with Crippen molar-refractivity contribution in [1.82, 2.24) is 24.8 Å². The summed E-state index contributed by atoms with van der Waals surface area (Å²) in [7, 11) is 0. The molecule has 0 aromatic carbocycles. The lowest BCUT2D eigenvalue weighted by atomic mass is 9.88. The molecule has 8 nitrogen and oxygen atoms in total. The summed E-state index contributed by atoms with van der Waals surface area (Å²) in [6, 6.07) is 5.97. The quantitative estimate of drug-likeness (QED) is 0.590. The van der Waals surface area contributed by atoms with Crippen LogP contribution >= 0.6 is 11.8 Å². The fourth-order valence-corrected chi connectivity index (χ4v) is 5.72. The summed E-state index contributed by atoms with van der Waals surface area (Å²) in [6.45, 7) is 7.10. The number of amides is 1. The van der Waals surface area contributed by atoms with Gasteiger partial charge in [-0.1, -0.05) is 20.3 Å². The lowest BCUT2D eigenvalue weighted by molar-refractivity contribution is 0.0861. The average molecular weight is 452 g/mol. The van der Waals surface area contributed by atoms with Gasteiger partial charge in [-0.05, 0) is 31.0 Å². The first-order valence-corrected chi connectivity index (χ1v) is 12.5. The third kappa shape index (κ3) is 3.68. The fourth-order valence-electron chi connectivity index (χ4n) is 4.82. The second kappa shape index (κ2) is 8.61. The van der Waals surface area contributed by atoms with E-state index in [0.29, 0.717) is 24.0 Å². The number of hydrogen-bond donors (Lipinski definition) is 2. The highest BCUT2D eigenvalue weighted by molar-refractivity contribution is 7.99. The molecule has 0 spiro atoms. The van der Waals surface area contributed by atoms with E-state index >= 15 is 0 Å². The maximum Gasteiger partial charge on any atom is 0.268 e. The van der Waals surface area contributed by atoms with Crippen LogP contribution in [0, 0.1) is 0 Å². The van der Waals surface area contributed by atoms with Crippen LogP contribution < -0.4 is 15.5 Å². The van der Waals surface area contributed by atoms with Gasteiger partial charge in [0.1, 0.15) is 17.2 Å². The molecule has 32 heavy (non-hydrogen) atoms. The Balaban J connectivity index is 1.46. The number of hydrogen-bond acceptors (Lipinski definition) is 7. The van der Waals surface area contributed by atoms with Gasteiger partial charge >= 0.3 is 0 Å². The van der Waals surface area contributed by atoms with Crippen molar-refractivity contribution < 1.29 is 4.79 Å². The first-order chi connectivity index (χ1) is 15.6. The lowest BCUT2D eigenvalue weighted by Crippen LogP contribution is -2.51. The molecule has 1 fully saturated rings. The zero-order valence-electron chi connectivity index (χ0n) is 18.6. The molecule has 168 valence electrons. The van der Waals surface area contributed by atoms with Crippen LogP contribution in [0.25, 0.3) is 11.0 Å². The molecule has 0 aliphatic carbocycles. The van der Waals surface area contributed by atoms with Crippen molar-refractivity contribution in [3.63, 3.8) is 0 Å². The van der Waals surface area contributed by atoms with Crippen LogP contribution in [0.1, 0.15) is 43.6 Å². The van der Waals surface area contributed by atoms with Crippen LogP contribution in [0.4, 0.5) is 17.5 Å². The number of pyridine rings is 1. The van der Waals surface area contributed by atoms with Crippen molar-refractivity contribution in [3.05, 3.63) is 36.3 Å². The number of carbonyl (C=O) groups excluding carboxylic acids is 1. The summed E-state index contributed by atoms with van der Waals surface area (Å²) in [5, 5.41) is 7.19. The van der Waals surface area contributed by atoms with E-state index in [9.17, 15) is 4.79 Å². The minimum atomic E-state index is -0.169. The minimum Gasteiger partial charge on any atom is -0.369 e. The van der Waals surface area contributed by atoms with E-state index in [2.05, 4.69) is 50.0 Å². The van der Waals surface area contributed by atoms with E-state index in [1.165, 1.54) is 0 Å². The Morgan fingerprint density at radius 2 is 2.03 bits per heavy atom. The van der Waals surface area contributed by atoms with Gasteiger partial charge in [-0.3, -0.25) is 4.79 Å². The molecule has 1 saturated heterocycles. The molecule has 0 bridgehead atoms. The number of nitrogens with zero attached hydrogens (tertiary/aromatic N) is 5. The number of rotatable bonds is 6. The Hall–Kier alpha value is -2.81. The number of aromatic nitrogens is 4. The average Bonchev–Trinajstić information content (AvgIpc) is 3.23. The molecular weight excluding hydrogens is 422 g/mol. The molecule has 2 aliphatic rings. The Kier molecular flexibility index (Phi) is 5.67. The molecule has 5 heterocycles. The topological polar surface area (TPSA) is 88.0 Å². The van der Waals surface area contributed by atoms with Gasteiger partial charge in [0.25, 0.3) is 5.91 Å². The third-order valence-electron chi connectivity index (χ3n) is 6.56. The van der Waals surface area contributed by atoms with Crippen molar-refractivity contribution in [3.8, 4) is 0 Å². The predicted molar refractivity (Wildman–Crippen MR) is 130 cm³/mol. The number of nitrogens with one attached hydrogen (secondary N) is 2. The third-order valence-corrected chi connectivity index (χ3v) is 7.51. The maximum atomic E-state index is 12.6. The van der Waals surface area contributed by atoms with Gasteiger partial charge in [0.2, 0.25) is 5.95 Å². The molecule has 2 aliphatic heterocycles. The monoisotopic (exact) mass is 451 g/mol. The predicted octanol–water partition coefficient (Wildman–Crippen LogP) is 3.77. The number of fused-ring (bicyclic) bond motifs is 3. The first kappa shape index (κ1) is 21.1. The van der Waals surface area contributed by atoms with E-state index in [0.717, 1.165) is 60.6 Å². The van der Waals surface area contributed by atoms with Crippen molar-refractivity contribution in [2.24, 2.45) is 0 Å². The van der Waals surface area contributed by atoms with Gasteiger partial charge in [-0.2, -0.15) is 16.7 Å². The van der Waals surface area contributed by atoms with Crippen molar-refractivity contribution in [2.45, 2.75) is 38.6 Å². The SMILES string of the molecule is CCCC1(CC)CNC(=O)c2cc3cnc(Nc4ccc(N5CCSCC5)cn4)nc3n21. The summed E-state index contributed by atoms with van der Waals surface area (Å²) in [4.78, 5) is 28.8. The van der Waals surface area contributed by atoms with Crippen LogP contribution in [0.3, 0.4) is 0 Å².